The first-order valence-electron chi connectivity index (χ1n) is 3.97. The molecule has 0 saturated heterocycles. The van der Waals surface area contributed by atoms with Crippen LogP contribution in [0, 0.1) is 0 Å². The van der Waals surface area contributed by atoms with Gasteiger partial charge in [0.15, 0.2) is 0 Å². The number of carboxylic acids is 1. The number of carbonyl (C=O) groups is 1. The fourth-order valence-electron chi connectivity index (χ4n) is 1.04. The van der Waals surface area contributed by atoms with E-state index in [4.69, 9.17) is 0 Å². The summed E-state index contributed by atoms with van der Waals surface area (Å²) in [6.07, 6.45) is 1.68. The Kier molecular flexibility index (Phi) is 3.40. The highest BCUT2D eigenvalue weighted by Crippen LogP contribution is 1.97. The van der Waals surface area contributed by atoms with Gasteiger partial charge in [-0.15, -0.1) is 0 Å². The third-order valence-corrected chi connectivity index (χ3v) is 1.56. The number of hydrogen-bond donors (Lipinski definition) is 0. The fourth-order valence-corrected chi connectivity index (χ4v) is 1.04. The molecule has 0 aliphatic rings. The number of aliphatic carboxylic acids is 1. The van der Waals surface area contributed by atoms with Crippen molar-refractivity contribution in [1.82, 2.24) is 9.88 Å². The lowest BCUT2D eigenvalue weighted by atomic mass is 10.3. The molecule has 4 heteroatoms. The lowest BCUT2D eigenvalue weighted by Crippen LogP contribution is -2.35. The summed E-state index contributed by atoms with van der Waals surface area (Å²) >= 11 is 0. The van der Waals surface area contributed by atoms with E-state index in [1.807, 2.05) is 18.2 Å². The minimum atomic E-state index is -1.07. The van der Waals surface area contributed by atoms with E-state index in [1.54, 1.807) is 18.1 Å². The number of rotatable bonds is 4. The van der Waals surface area contributed by atoms with E-state index < -0.39 is 5.97 Å². The number of pyridine rings is 1. The number of aromatic nitrogens is 1. The van der Waals surface area contributed by atoms with Crippen LogP contribution in [0.15, 0.2) is 24.4 Å². The third kappa shape index (κ3) is 3.66. The van der Waals surface area contributed by atoms with E-state index in [0.717, 1.165) is 5.69 Å². The summed E-state index contributed by atoms with van der Waals surface area (Å²) in [7, 11) is 1.71. The van der Waals surface area contributed by atoms with E-state index in [2.05, 4.69) is 4.98 Å². The SMILES string of the molecule is CN(CC(=O)[O-])Cc1ccccn1. The minimum Gasteiger partial charge on any atom is -0.549 e. The zero-order valence-electron chi connectivity index (χ0n) is 7.43. The zero-order valence-corrected chi connectivity index (χ0v) is 7.43. The maximum Gasteiger partial charge on any atom is 0.0555 e. The normalized spacial score (nSPS) is 10.3. The van der Waals surface area contributed by atoms with Gasteiger partial charge in [-0.05, 0) is 19.2 Å². The van der Waals surface area contributed by atoms with Crippen LogP contribution in [0.1, 0.15) is 5.69 Å². The quantitative estimate of drug-likeness (QED) is 0.611. The van der Waals surface area contributed by atoms with Crippen molar-refractivity contribution in [3.8, 4) is 0 Å². The molecule has 0 atom stereocenters. The molecule has 0 spiro atoms. The van der Waals surface area contributed by atoms with Gasteiger partial charge < -0.3 is 9.90 Å². The van der Waals surface area contributed by atoms with Crippen LogP contribution in [0.25, 0.3) is 0 Å². The van der Waals surface area contributed by atoms with Crippen molar-refractivity contribution in [2.45, 2.75) is 6.54 Å². The number of likely N-dealkylation sites (N-methyl/N-ethyl adjacent to an activating group) is 1. The van der Waals surface area contributed by atoms with E-state index >= 15 is 0 Å². The summed E-state index contributed by atoms with van der Waals surface area (Å²) in [5, 5.41) is 10.2. The first-order valence-corrected chi connectivity index (χ1v) is 3.97. The summed E-state index contributed by atoms with van der Waals surface area (Å²) in [5.41, 5.74) is 0.853. The summed E-state index contributed by atoms with van der Waals surface area (Å²) in [4.78, 5) is 15.9. The van der Waals surface area contributed by atoms with Crippen molar-refractivity contribution >= 4 is 5.97 Å². The molecule has 1 rings (SSSR count). The molecule has 0 aliphatic carbocycles. The van der Waals surface area contributed by atoms with Gasteiger partial charge in [-0.25, -0.2) is 0 Å². The minimum absolute atomic E-state index is 0.0728. The van der Waals surface area contributed by atoms with Gasteiger partial charge >= 0.3 is 0 Å². The predicted octanol–water partition coefficient (Wildman–Crippen LogP) is -0.737. The monoisotopic (exact) mass is 179 g/mol. The molecule has 0 N–H and O–H groups in total. The van der Waals surface area contributed by atoms with Gasteiger partial charge in [0, 0.05) is 19.3 Å². The van der Waals surface area contributed by atoms with Crippen molar-refractivity contribution in [2.75, 3.05) is 13.6 Å². The first-order chi connectivity index (χ1) is 6.18. The molecule has 13 heavy (non-hydrogen) atoms. The Hall–Kier alpha value is -1.42. The summed E-state index contributed by atoms with van der Waals surface area (Å²) in [6.45, 7) is 0.450. The molecule has 1 aromatic heterocycles. The summed E-state index contributed by atoms with van der Waals surface area (Å²) in [5.74, 6) is -1.07. The Morgan fingerprint density at radius 1 is 1.62 bits per heavy atom. The molecule has 0 unspecified atom stereocenters. The van der Waals surface area contributed by atoms with Gasteiger partial charge in [0.1, 0.15) is 0 Å². The average Bonchev–Trinajstić information content (AvgIpc) is 2.04. The largest absolute Gasteiger partial charge is 0.549 e. The van der Waals surface area contributed by atoms with Gasteiger partial charge in [-0.3, -0.25) is 9.88 Å². The van der Waals surface area contributed by atoms with Crippen molar-refractivity contribution in [3.05, 3.63) is 30.1 Å². The molecule has 4 nitrogen and oxygen atoms in total. The van der Waals surface area contributed by atoms with Crippen molar-refractivity contribution in [2.24, 2.45) is 0 Å². The Morgan fingerprint density at radius 2 is 2.38 bits per heavy atom. The Morgan fingerprint density at radius 3 is 2.92 bits per heavy atom. The standard InChI is InChI=1S/C9H12N2O2/c1-11(7-9(12)13)6-8-4-2-3-5-10-8/h2-5H,6-7H2,1H3,(H,12,13)/p-1. The number of carboxylic acid groups (broad SMARTS) is 1. The van der Waals surface area contributed by atoms with Crippen LogP contribution in [0.3, 0.4) is 0 Å². The molecule has 70 valence electrons. The van der Waals surface area contributed by atoms with E-state index in [9.17, 15) is 9.90 Å². The van der Waals surface area contributed by atoms with Crippen molar-refractivity contribution < 1.29 is 9.90 Å². The van der Waals surface area contributed by atoms with Gasteiger partial charge in [-0.1, -0.05) is 6.07 Å². The van der Waals surface area contributed by atoms with Crippen LogP contribution in [-0.2, 0) is 11.3 Å². The van der Waals surface area contributed by atoms with Gasteiger partial charge in [0.05, 0.1) is 11.7 Å². The topological polar surface area (TPSA) is 56.3 Å². The molecule has 1 aromatic rings. The average molecular weight is 179 g/mol. The number of carbonyl (C=O) groups excluding carboxylic acids is 1. The fraction of sp³-hybridized carbons (Fsp3) is 0.333. The van der Waals surface area contributed by atoms with Gasteiger partial charge in [-0.2, -0.15) is 0 Å². The molecule has 0 bridgehead atoms. The van der Waals surface area contributed by atoms with Crippen LogP contribution in [0.5, 0.6) is 0 Å². The maximum absolute atomic E-state index is 10.2. The number of nitrogens with zero attached hydrogens (tertiary/aromatic N) is 2. The highest BCUT2D eigenvalue weighted by molar-refractivity contribution is 5.66. The highest BCUT2D eigenvalue weighted by Gasteiger charge is 1.99. The predicted molar refractivity (Wildman–Crippen MR) is 45.6 cm³/mol. The van der Waals surface area contributed by atoms with Gasteiger partial charge in [0.25, 0.3) is 0 Å². The van der Waals surface area contributed by atoms with Crippen LogP contribution < -0.4 is 5.11 Å². The zero-order chi connectivity index (χ0) is 9.68. The molecule has 0 saturated carbocycles. The smallest absolute Gasteiger partial charge is 0.0555 e. The Balaban J connectivity index is 2.45. The molecule has 0 aromatic carbocycles. The van der Waals surface area contributed by atoms with Crippen molar-refractivity contribution in [3.63, 3.8) is 0 Å². The molecule has 0 fully saturated rings. The second-order valence-electron chi connectivity index (χ2n) is 2.87. The van der Waals surface area contributed by atoms with Crippen molar-refractivity contribution in [1.29, 1.82) is 0 Å². The third-order valence-electron chi connectivity index (χ3n) is 1.56. The molecule has 0 aliphatic heterocycles. The molecule has 1 heterocycles. The first kappa shape index (κ1) is 9.67. The molecule has 0 radical (unpaired) electrons. The lowest BCUT2D eigenvalue weighted by molar-refractivity contribution is -0.306. The second-order valence-corrected chi connectivity index (χ2v) is 2.87. The summed E-state index contributed by atoms with van der Waals surface area (Å²) in [6, 6.07) is 5.54. The lowest BCUT2D eigenvalue weighted by Gasteiger charge is -2.15. The van der Waals surface area contributed by atoms with Gasteiger partial charge in [0.2, 0.25) is 0 Å². The summed E-state index contributed by atoms with van der Waals surface area (Å²) < 4.78 is 0. The molecular weight excluding hydrogens is 168 g/mol. The Labute approximate surface area is 76.8 Å². The van der Waals surface area contributed by atoms with Crippen LogP contribution in [0.4, 0.5) is 0 Å². The van der Waals surface area contributed by atoms with E-state index in [0.29, 0.717) is 6.54 Å². The maximum atomic E-state index is 10.2. The van der Waals surface area contributed by atoms with E-state index in [1.165, 1.54) is 0 Å². The van der Waals surface area contributed by atoms with Crippen LogP contribution >= 0.6 is 0 Å². The second kappa shape index (κ2) is 4.57. The number of hydrogen-bond acceptors (Lipinski definition) is 4. The Bertz CT molecular complexity index is 274. The van der Waals surface area contributed by atoms with Crippen LogP contribution in [-0.4, -0.2) is 29.4 Å². The highest BCUT2D eigenvalue weighted by atomic mass is 16.4. The molecular formula is C9H11N2O2-. The molecule has 0 amide bonds. The van der Waals surface area contributed by atoms with E-state index in [-0.39, 0.29) is 6.54 Å². The van der Waals surface area contributed by atoms with Crippen LogP contribution in [0.2, 0.25) is 0 Å².